The Hall–Kier alpha value is -3.85. The summed E-state index contributed by atoms with van der Waals surface area (Å²) < 4.78 is 33.9. The Kier molecular flexibility index (Phi) is 10.1. The van der Waals surface area contributed by atoms with Crippen molar-refractivity contribution in [2.75, 3.05) is 18.0 Å². The Bertz CT molecular complexity index is 1340. The zero-order valence-corrected chi connectivity index (χ0v) is 23.9. The monoisotopic (exact) mass is 551 g/mol. The highest BCUT2D eigenvalue weighted by atomic mass is 32.2. The lowest BCUT2D eigenvalue weighted by molar-refractivity contribution is -0.139. The maximum absolute atomic E-state index is 13.9. The third kappa shape index (κ3) is 7.60. The molecule has 2 atom stereocenters. The fourth-order valence-corrected chi connectivity index (χ4v) is 5.35. The second-order valence-electron chi connectivity index (χ2n) is 9.52. The fourth-order valence-electron chi connectivity index (χ4n) is 3.94. The molecule has 39 heavy (non-hydrogen) atoms. The molecule has 0 saturated carbocycles. The Morgan fingerprint density at radius 1 is 0.923 bits per heavy atom. The van der Waals surface area contributed by atoms with E-state index in [2.05, 4.69) is 5.32 Å². The van der Waals surface area contributed by atoms with Gasteiger partial charge in [-0.05, 0) is 69.2 Å². The first kappa shape index (κ1) is 29.7. The van der Waals surface area contributed by atoms with Crippen LogP contribution >= 0.6 is 0 Å². The summed E-state index contributed by atoms with van der Waals surface area (Å²) in [6.45, 7) is 7.02. The van der Waals surface area contributed by atoms with Gasteiger partial charge in [-0.15, -0.1) is 0 Å². The van der Waals surface area contributed by atoms with Crippen LogP contribution in [0.15, 0.2) is 83.8 Å². The minimum atomic E-state index is -4.08. The minimum Gasteiger partial charge on any atom is -0.497 e. The maximum Gasteiger partial charge on any atom is 0.264 e. The van der Waals surface area contributed by atoms with Crippen molar-refractivity contribution in [2.24, 2.45) is 0 Å². The number of sulfonamides is 1. The molecule has 0 radical (unpaired) electrons. The zero-order chi connectivity index (χ0) is 28.6. The summed E-state index contributed by atoms with van der Waals surface area (Å²) in [4.78, 5) is 28.5. The number of carbonyl (C=O) groups is 2. The van der Waals surface area contributed by atoms with Crippen LogP contribution in [0.25, 0.3) is 0 Å². The summed E-state index contributed by atoms with van der Waals surface area (Å²) in [5, 5.41) is 2.93. The van der Waals surface area contributed by atoms with Gasteiger partial charge >= 0.3 is 0 Å². The standard InChI is InChI=1S/C30H37N3O5S/c1-6-23(3)31-30(35)24(4)32(20-25-14-16-27(38-5)17-15-25)29(34)21-33(26-10-8-7-9-11-26)39(36,37)28-18-12-22(2)13-19-28/h7-19,23-24H,6,20-21H2,1-5H3,(H,31,35)/t23-,24-/m1/s1. The van der Waals surface area contributed by atoms with Crippen molar-refractivity contribution in [3.05, 3.63) is 90.0 Å². The van der Waals surface area contributed by atoms with Crippen molar-refractivity contribution >= 4 is 27.5 Å². The molecule has 0 bridgehead atoms. The van der Waals surface area contributed by atoms with Crippen LogP contribution < -0.4 is 14.4 Å². The molecular weight excluding hydrogens is 514 g/mol. The molecule has 208 valence electrons. The predicted molar refractivity (Wildman–Crippen MR) is 153 cm³/mol. The molecule has 1 N–H and O–H groups in total. The number of amides is 2. The van der Waals surface area contributed by atoms with Crippen molar-refractivity contribution in [2.45, 2.75) is 57.6 Å². The highest BCUT2D eigenvalue weighted by Crippen LogP contribution is 2.25. The van der Waals surface area contributed by atoms with Gasteiger partial charge in [-0.25, -0.2) is 8.42 Å². The van der Waals surface area contributed by atoms with Crippen molar-refractivity contribution in [3.8, 4) is 5.75 Å². The van der Waals surface area contributed by atoms with E-state index in [0.717, 1.165) is 21.9 Å². The third-order valence-electron chi connectivity index (χ3n) is 6.61. The molecule has 0 unspecified atom stereocenters. The molecule has 0 aliphatic carbocycles. The Morgan fingerprint density at radius 2 is 1.54 bits per heavy atom. The minimum absolute atomic E-state index is 0.0689. The summed E-state index contributed by atoms with van der Waals surface area (Å²) in [7, 11) is -2.51. The maximum atomic E-state index is 13.9. The number of nitrogens with zero attached hydrogens (tertiary/aromatic N) is 2. The Balaban J connectivity index is 1.99. The van der Waals surface area contributed by atoms with Gasteiger partial charge in [0.25, 0.3) is 10.0 Å². The molecule has 0 saturated heterocycles. The number of carbonyl (C=O) groups excluding carboxylic acids is 2. The molecule has 0 fully saturated rings. The molecular formula is C30H37N3O5S. The molecule has 0 spiro atoms. The van der Waals surface area contributed by atoms with Crippen LogP contribution in [0, 0.1) is 6.92 Å². The summed E-state index contributed by atoms with van der Waals surface area (Å²) in [5.74, 6) is -0.144. The number of hydrogen-bond acceptors (Lipinski definition) is 5. The van der Waals surface area contributed by atoms with Crippen LogP contribution in [0.3, 0.4) is 0 Å². The number of hydrogen-bond donors (Lipinski definition) is 1. The summed E-state index contributed by atoms with van der Waals surface area (Å²) in [5.41, 5.74) is 2.05. The fraction of sp³-hybridized carbons (Fsp3) is 0.333. The van der Waals surface area contributed by atoms with Crippen LogP contribution in [-0.4, -0.2) is 50.9 Å². The summed E-state index contributed by atoms with van der Waals surface area (Å²) in [6, 6.07) is 21.3. The average Bonchev–Trinajstić information content (AvgIpc) is 2.94. The molecule has 9 heteroatoms. The lowest BCUT2D eigenvalue weighted by Gasteiger charge is -2.32. The first-order valence-corrected chi connectivity index (χ1v) is 14.4. The highest BCUT2D eigenvalue weighted by molar-refractivity contribution is 7.92. The second kappa shape index (κ2) is 13.3. The molecule has 3 aromatic carbocycles. The number of ether oxygens (including phenoxy) is 1. The van der Waals surface area contributed by atoms with Crippen molar-refractivity contribution in [3.63, 3.8) is 0 Å². The van der Waals surface area contributed by atoms with Gasteiger partial charge in [0.2, 0.25) is 11.8 Å². The molecule has 2 amide bonds. The van der Waals surface area contributed by atoms with Gasteiger partial charge in [0.15, 0.2) is 0 Å². The SMILES string of the molecule is CC[C@@H](C)NC(=O)[C@@H](C)N(Cc1ccc(OC)cc1)C(=O)CN(c1ccccc1)S(=O)(=O)c1ccc(C)cc1. The van der Waals surface area contributed by atoms with Crippen molar-refractivity contribution in [1.82, 2.24) is 10.2 Å². The van der Waals surface area contributed by atoms with Crippen LogP contribution in [0.4, 0.5) is 5.69 Å². The Morgan fingerprint density at radius 3 is 2.10 bits per heavy atom. The van der Waals surface area contributed by atoms with Crippen molar-refractivity contribution in [1.29, 1.82) is 0 Å². The third-order valence-corrected chi connectivity index (χ3v) is 8.40. The van der Waals surface area contributed by atoms with E-state index in [9.17, 15) is 18.0 Å². The largest absolute Gasteiger partial charge is 0.497 e. The van der Waals surface area contributed by atoms with E-state index in [4.69, 9.17) is 4.74 Å². The predicted octanol–water partition coefficient (Wildman–Crippen LogP) is 4.53. The first-order chi connectivity index (χ1) is 18.6. The average molecular weight is 552 g/mol. The molecule has 0 aliphatic heterocycles. The lowest BCUT2D eigenvalue weighted by atomic mass is 10.1. The number of methoxy groups -OCH3 is 1. The van der Waals surface area contributed by atoms with Gasteiger partial charge in [0.05, 0.1) is 17.7 Å². The van der Waals surface area contributed by atoms with E-state index in [-0.39, 0.29) is 23.4 Å². The van der Waals surface area contributed by atoms with Gasteiger partial charge in [-0.2, -0.15) is 0 Å². The summed E-state index contributed by atoms with van der Waals surface area (Å²) in [6.07, 6.45) is 0.738. The molecule has 8 nitrogen and oxygen atoms in total. The highest BCUT2D eigenvalue weighted by Gasteiger charge is 2.32. The van der Waals surface area contributed by atoms with Gasteiger partial charge < -0.3 is 15.0 Å². The molecule has 3 aromatic rings. The van der Waals surface area contributed by atoms with E-state index in [1.165, 1.54) is 17.0 Å². The summed E-state index contributed by atoms with van der Waals surface area (Å²) >= 11 is 0. The number of anilines is 1. The van der Waals surface area contributed by atoms with E-state index in [0.29, 0.717) is 11.4 Å². The van der Waals surface area contributed by atoms with E-state index in [1.807, 2.05) is 32.9 Å². The first-order valence-electron chi connectivity index (χ1n) is 12.9. The Labute approximate surface area is 231 Å². The van der Waals surface area contributed by atoms with Crippen molar-refractivity contribution < 1.29 is 22.7 Å². The van der Waals surface area contributed by atoms with Crippen LogP contribution in [0.1, 0.15) is 38.3 Å². The molecule has 0 aliphatic rings. The molecule has 3 rings (SSSR count). The van der Waals surface area contributed by atoms with E-state index in [1.54, 1.807) is 68.6 Å². The van der Waals surface area contributed by atoms with Crippen LogP contribution in [0.2, 0.25) is 0 Å². The van der Waals surface area contributed by atoms with Gasteiger partial charge in [0.1, 0.15) is 18.3 Å². The molecule has 0 heterocycles. The smallest absolute Gasteiger partial charge is 0.264 e. The van der Waals surface area contributed by atoms with Crippen LogP contribution in [0.5, 0.6) is 5.75 Å². The topological polar surface area (TPSA) is 96.0 Å². The number of para-hydroxylation sites is 1. The second-order valence-corrected chi connectivity index (χ2v) is 11.4. The number of benzene rings is 3. The van der Waals surface area contributed by atoms with Gasteiger partial charge in [-0.1, -0.05) is 55.0 Å². The number of nitrogens with one attached hydrogen (secondary N) is 1. The van der Waals surface area contributed by atoms with E-state index < -0.39 is 28.5 Å². The van der Waals surface area contributed by atoms with Gasteiger partial charge in [0, 0.05) is 12.6 Å². The zero-order valence-electron chi connectivity index (χ0n) is 23.1. The molecule has 0 aromatic heterocycles. The number of rotatable bonds is 12. The quantitative estimate of drug-likeness (QED) is 0.357. The lowest BCUT2D eigenvalue weighted by Crippen LogP contribution is -2.52. The van der Waals surface area contributed by atoms with E-state index >= 15 is 0 Å². The normalized spacial score (nSPS) is 12.7. The van der Waals surface area contributed by atoms with Gasteiger partial charge in [-0.3, -0.25) is 13.9 Å². The number of aryl methyl sites for hydroxylation is 1. The van der Waals surface area contributed by atoms with Crippen LogP contribution in [-0.2, 0) is 26.2 Å².